The number of hydrogen-bond donors (Lipinski definition) is 1. The van der Waals surface area contributed by atoms with Crippen molar-refractivity contribution in [3.8, 4) is 0 Å². The summed E-state index contributed by atoms with van der Waals surface area (Å²) in [6.07, 6.45) is 0.206. The van der Waals surface area contributed by atoms with Crippen LogP contribution in [-0.2, 0) is 21.9 Å². The Labute approximate surface area is 118 Å². The van der Waals surface area contributed by atoms with Gasteiger partial charge in [0.15, 0.2) is 0 Å². The van der Waals surface area contributed by atoms with E-state index in [1.54, 1.807) is 0 Å². The molecule has 2 rings (SSSR count). The molecule has 0 radical (unpaired) electrons. The van der Waals surface area contributed by atoms with Crippen LogP contribution in [0, 0.1) is 0 Å². The van der Waals surface area contributed by atoms with Gasteiger partial charge in [0.2, 0.25) is 5.79 Å². The third kappa shape index (κ3) is 4.51. The minimum Gasteiger partial charge on any atom is -0.566 e. The number of aliphatic hydroxyl groups is 1. The standard InChI is InChI=1S/C15H15O4P/c16-15(19-20(17)18,11-13-7-3-1-4-8-13)12-14-9-5-2-6-10-14/h1-10,16H,11-12H2. The maximum absolute atomic E-state index is 10.9. The maximum Gasteiger partial charge on any atom is 0.491 e. The van der Waals surface area contributed by atoms with Crippen LogP contribution in [0.4, 0.5) is 0 Å². The lowest BCUT2D eigenvalue weighted by Gasteiger charge is -2.23. The summed E-state index contributed by atoms with van der Waals surface area (Å²) in [4.78, 5) is 10.9. The summed E-state index contributed by atoms with van der Waals surface area (Å²) in [6.45, 7) is 0. The normalized spacial score (nSPS) is 12.2. The first-order valence-corrected chi connectivity index (χ1v) is 7.31. The van der Waals surface area contributed by atoms with Crippen LogP contribution in [0.2, 0.25) is 0 Å². The minimum atomic E-state index is -3.13. The van der Waals surface area contributed by atoms with E-state index in [4.69, 9.17) is 4.52 Å². The van der Waals surface area contributed by atoms with Crippen LogP contribution in [0.1, 0.15) is 11.1 Å². The molecule has 0 amide bonds. The van der Waals surface area contributed by atoms with E-state index < -0.39 is 14.0 Å². The van der Waals surface area contributed by atoms with E-state index in [0.717, 1.165) is 11.1 Å². The van der Waals surface area contributed by atoms with Crippen molar-refractivity contribution >= 4 is 8.25 Å². The summed E-state index contributed by atoms with van der Waals surface area (Å²) < 4.78 is 15.6. The molecule has 0 saturated carbocycles. The van der Waals surface area contributed by atoms with Crippen LogP contribution in [-0.4, -0.2) is 10.9 Å². The van der Waals surface area contributed by atoms with Crippen LogP contribution in [0.3, 0.4) is 0 Å². The monoisotopic (exact) mass is 290 g/mol. The highest BCUT2D eigenvalue weighted by atomic mass is 31.1. The number of benzene rings is 2. The molecule has 20 heavy (non-hydrogen) atoms. The number of hydrogen-bond acceptors (Lipinski definition) is 4. The van der Waals surface area contributed by atoms with Gasteiger partial charge in [0.25, 0.3) is 0 Å². The zero-order valence-corrected chi connectivity index (χ0v) is 11.7. The zero-order chi connectivity index (χ0) is 14.4. The minimum absolute atomic E-state index is 0.103. The molecule has 1 N–H and O–H groups in total. The molecule has 5 heteroatoms. The van der Waals surface area contributed by atoms with Crippen molar-refractivity contribution in [3.63, 3.8) is 0 Å². The van der Waals surface area contributed by atoms with Crippen LogP contribution < -0.4 is 4.89 Å². The molecule has 2 aromatic rings. The van der Waals surface area contributed by atoms with Gasteiger partial charge in [0.05, 0.1) is 0 Å². The van der Waals surface area contributed by atoms with Gasteiger partial charge >= 0.3 is 8.25 Å². The predicted octanol–water partition coefficient (Wildman–Crippen LogP) is 2.19. The highest BCUT2D eigenvalue weighted by Gasteiger charge is 2.35. The van der Waals surface area contributed by atoms with Crippen molar-refractivity contribution in [3.05, 3.63) is 71.8 Å². The van der Waals surface area contributed by atoms with Gasteiger partial charge in [-0.25, -0.2) is 0 Å². The first-order chi connectivity index (χ1) is 9.57. The Morgan fingerprint density at radius 3 is 1.70 bits per heavy atom. The Kier molecular flexibility index (Phi) is 4.99. The molecule has 1 unspecified atom stereocenters. The molecule has 104 valence electrons. The Morgan fingerprint density at radius 2 is 1.35 bits per heavy atom. The zero-order valence-electron chi connectivity index (χ0n) is 10.8. The molecule has 2 aromatic carbocycles. The Bertz CT molecular complexity index is 515. The molecular formula is C15H15O4P. The van der Waals surface area contributed by atoms with Crippen LogP contribution in [0.25, 0.3) is 0 Å². The summed E-state index contributed by atoms with van der Waals surface area (Å²) in [5.41, 5.74) is 1.62. The molecule has 0 bridgehead atoms. The van der Waals surface area contributed by atoms with Crippen molar-refractivity contribution in [2.24, 2.45) is 0 Å². The third-order valence-electron chi connectivity index (χ3n) is 2.89. The summed E-state index contributed by atoms with van der Waals surface area (Å²) in [5.74, 6) is -1.77. The lowest BCUT2D eigenvalue weighted by molar-refractivity contribution is -0.224. The molecule has 0 heterocycles. The van der Waals surface area contributed by atoms with Crippen molar-refractivity contribution in [2.45, 2.75) is 18.6 Å². The summed E-state index contributed by atoms with van der Waals surface area (Å²) in [7, 11) is -3.13. The molecule has 0 saturated heterocycles. The van der Waals surface area contributed by atoms with Gasteiger partial charge < -0.3 is 10.00 Å². The van der Waals surface area contributed by atoms with E-state index in [9.17, 15) is 14.6 Å². The van der Waals surface area contributed by atoms with Gasteiger partial charge in [0, 0.05) is 12.8 Å². The van der Waals surface area contributed by atoms with Crippen LogP contribution >= 0.6 is 8.25 Å². The fourth-order valence-corrected chi connectivity index (χ4v) is 2.50. The van der Waals surface area contributed by atoms with Gasteiger partial charge in [-0.3, -0.25) is 0 Å². The van der Waals surface area contributed by atoms with E-state index in [0.29, 0.717) is 0 Å². The second-order valence-corrected chi connectivity index (χ2v) is 5.22. The van der Waals surface area contributed by atoms with Crippen molar-refractivity contribution in [2.75, 3.05) is 0 Å². The van der Waals surface area contributed by atoms with E-state index in [-0.39, 0.29) is 12.8 Å². The molecule has 0 spiro atoms. The molecule has 0 aliphatic rings. The van der Waals surface area contributed by atoms with Crippen LogP contribution in [0.15, 0.2) is 60.7 Å². The largest absolute Gasteiger partial charge is 0.566 e. The van der Waals surface area contributed by atoms with Gasteiger partial charge in [0.1, 0.15) is 0 Å². The van der Waals surface area contributed by atoms with E-state index >= 15 is 0 Å². The molecular weight excluding hydrogens is 275 g/mol. The molecule has 0 aliphatic heterocycles. The Morgan fingerprint density at radius 1 is 0.950 bits per heavy atom. The van der Waals surface area contributed by atoms with E-state index in [1.807, 2.05) is 60.7 Å². The fourth-order valence-electron chi connectivity index (χ4n) is 2.10. The second-order valence-electron chi connectivity index (χ2n) is 4.59. The highest BCUT2D eigenvalue weighted by Crippen LogP contribution is 2.28. The van der Waals surface area contributed by atoms with Crippen LogP contribution in [0.5, 0.6) is 0 Å². The Balaban J connectivity index is 2.19. The molecule has 4 nitrogen and oxygen atoms in total. The van der Waals surface area contributed by atoms with Gasteiger partial charge in [-0.2, -0.15) is 0 Å². The summed E-state index contributed by atoms with van der Waals surface area (Å²) >= 11 is 0. The lowest BCUT2D eigenvalue weighted by Crippen LogP contribution is -2.36. The number of rotatable bonds is 6. The molecule has 1 atom stereocenters. The highest BCUT2D eigenvalue weighted by molar-refractivity contribution is 7.30. The molecule has 0 aromatic heterocycles. The first kappa shape index (κ1) is 14.8. The first-order valence-electron chi connectivity index (χ1n) is 6.21. The average molecular weight is 290 g/mol. The van der Waals surface area contributed by atoms with Gasteiger partial charge in [-0.15, -0.1) is 4.52 Å². The Hall–Kier alpha value is -1.58. The summed E-state index contributed by atoms with van der Waals surface area (Å²) in [5, 5.41) is 10.5. The molecule has 0 aliphatic carbocycles. The van der Waals surface area contributed by atoms with Gasteiger partial charge in [-0.1, -0.05) is 60.7 Å². The smallest absolute Gasteiger partial charge is 0.491 e. The second kappa shape index (κ2) is 6.73. The van der Waals surface area contributed by atoms with Crippen molar-refractivity contribution < 1.29 is 19.1 Å². The van der Waals surface area contributed by atoms with E-state index in [1.165, 1.54) is 0 Å². The SMILES string of the molecule is O=[P+]([O-])OC(O)(Cc1ccccc1)Cc1ccccc1. The van der Waals surface area contributed by atoms with E-state index in [2.05, 4.69) is 0 Å². The third-order valence-corrected chi connectivity index (χ3v) is 3.38. The maximum atomic E-state index is 10.9. The van der Waals surface area contributed by atoms with Crippen molar-refractivity contribution in [1.29, 1.82) is 0 Å². The lowest BCUT2D eigenvalue weighted by atomic mass is 9.98. The van der Waals surface area contributed by atoms with Gasteiger partial charge in [-0.05, 0) is 15.7 Å². The topological polar surface area (TPSA) is 69.6 Å². The average Bonchev–Trinajstić information content (AvgIpc) is 2.39. The quantitative estimate of drug-likeness (QED) is 0.654. The fraction of sp³-hybridized carbons (Fsp3) is 0.200. The predicted molar refractivity (Wildman–Crippen MR) is 73.9 cm³/mol. The van der Waals surface area contributed by atoms with Crippen molar-refractivity contribution in [1.82, 2.24) is 0 Å². The summed E-state index contributed by atoms with van der Waals surface area (Å²) in [6, 6.07) is 18.3. The molecule has 0 fully saturated rings.